The quantitative estimate of drug-likeness (QED) is 0.674. The van der Waals surface area contributed by atoms with E-state index in [2.05, 4.69) is 6.92 Å². The zero-order valence-corrected chi connectivity index (χ0v) is 8.21. The summed E-state index contributed by atoms with van der Waals surface area (Å²) in [6.45, 7) is 3.90. The van der Waals surface area contributed by atoms with E-state index in [1.807, 2.05) is 19.1 Å². The van der Waals surface area contributed by atoms with E-state index in [1.54, 1.807) is 0 Å². The molecule has 1 atom stereocenters. The smallest absolute Gasteiger partial charge is 0.162 e. The van der Waals surface area contributed by atoms with E-state index in [9.17, 15) is 9.90 Å². The first-order chi connectivity index (χ1) is 6.16. The van der Waals surface area contributed by atoms with Crippen molar-refractivity contribution in [2.45, 2.75) is 39.2 Å². The fourth-order valence-electron chi connectivity index (χ4n) is 1.52. The third-order valence-corrected chi connectivity index (χ3v) is 2.42. The van der Waals surface area contributed by atoms with Gasteiger partial charge < -0.3 is 5.11 Å². The lowest BCUT2D eigenvalue weighted by atomic mass is 10.1. The molecule has 2 nitrogen and oxygen atoms in total. The Bertz CT molecular complexity index is 261. The van der Waals surface area contributed by atoms with Crippen molar-refractivity contribution in [3.63, 3.8) is 0 Å². The minimum absolute atomic E-state index is 0.103. The van der Waals surface area contributed by atoms with Gasteiger partial charge in [-0.15, -0.1) is 0 Å². The first-order valence-corrected chi connectivity index (χ1v) is 4.72. The van der Waals surface area contributed by atoms with Crippen LogP contribution in [0.2, 0.25) is 0 Å². The maximum Gasteiger partial charge on any atom is 0.162 e. The number of carbonyl (C=O) groups excluding carboxylic acids is 1. The zero-order valence-electron chi connectivity index (χ0n) is 8.21. The standard InChI is InChI=1S/C11H16O2/c1-3-4-5-6-9-8(2)10(12)7-11(9)13/h4-5,10,12H,3,6-7H2,1-2H3/b5-4-/t10-/m1/s1. The molecule has 1 rings (SSSR count). The number of allylic oxidation sites excluding steroid dienone is 3. The molecule has 0 saturated heterocycles. The molecule has 1 aliphatic carbocycles. The molecule has 2 heteroatoms. The predicted molar refractivity (Wildman–Crippen MR) is 52.4 cm³/mol. The average molecular weight is 180 g/mol. The number of hydrogen-bond acceptors (Lipinski definition) is 2. The Morgan fingerprint density at radius 3 is 2.69 bits per heavy atom. The summed E-state index contributed by atoms with van der Waals surface area (Å²) in [5.74, 6) is 0.103. The predicted octanol–water partition coefficient (Wildman–Crippen LogP) is 1.99. The molecule has 0 radical (unpaired) electrons. The molecule has 0 aromatic rings. The van der Waals surface area contributed by atoms with E-state index in [0.29, 0.717) is 6.42 Å². The first-order valence-electron chi connectivity index (χ1n) is 4.72. The molecular weight excluding hydrogens is 164 g/mol. The van der Waals surface area contributed by atoms with Crippen molar-refractivity contribution < 1.29 is 9.90 Å². The molecule has 0 aliphatic heterocycles. The molecule has 72 valence electrons. The molecule has 0 unspecified atom stereocenters. The lowest BCUT2D eigenvalue weighted by molar-refractivity contribution is -0.115. The van der Waals surface area contributed by atoms with E-state index in [1.165, 1.54) is 0 Å². The molecule has 0 fully saturated rings. The number of aliphatic hydroxyl groups is 1. The van der Waals surface area contributed by atoms with Gasteiger partial charge in [-0.2, -0.15) is 0 Å². The van der Waals surface area contributed by atoms with Crippen molar-refractivity contribution in [1.82, 2.24) is 0 Å². The van der Waals surface area contributed by atoms with Crippen LogP contribution in [-0.2, 0) is 4.79 Å². The number of carbonyl (C=O) groups is 1. The zero-order chi connectivity index (χ0) is 9.84. The van der Waals surface area contributed by atoms with Crippen LogP contribution < -0.4 is 0 Å². The van der Waals surface area contributed by atoms with E-state index in [0.717, 1.165) is 17.6 Å². The van der Waals surface area contributed by atoms with Gasteiger partial charge in [-0.05, 0) is 25.3 Å². The lowest BCUT2D eigenvalue weighted by Gasteiger charge is -2.00. The third-order valence-electron chi connectivity index (χ3n) is 2.42. The Kier molecular flexibility index (Phi) is 3.43. The maximum absolute atomic E-state index is 11.3. The summed E-state index contributed by atoms with van der Waals surface area (Å²) >= 11 is 0. The highest BCUT2D eigenvalue weighted by atomic mass is 16.3. The number of Topliss-reactive ketones (excluding diaryl/α,β-unsaturated/α-hetero) is 1. The molecule has 1 aliphatic rings. The van der Waals surface area contributed by atoms with Crippen LogP contribution in [0.5, 0.6) is 0 Å². The molecule has 0 aromatic heterocycles. The van der Waals surface area contributed by atoms with Crippen molar-refractivity contribution in [2.75, 3.05) is 0 Å². The minimum Gasteiger partial charge on any atom is -0.388 e. The van der Waals surface area contributed by atoms with Crippen LogP contribution in [0, 0.1) is 0 Å². The van der Waals surface area contributed by atoms with Crippen molar-refractivity contribution in [3.8, 4) is 0 Å². The van der Waals surface area contributed by atoms with Crippen molar-refractivity contribution in [2.24, 2.45) is 0 Å². The van der Waals surface area contributed by atoms with Gasteiger partial charge in [0.05, 0.1) is 6.10 Å². The number of aliphatic hydroxyl groups excluding tert-OH is 1. The maximum atomic E-state index is 11.3. The van der Waals surface area contributed by atoms with Crippen LogP contribution in [0.3, 0.4) is 0 Å². The van der Waals surface area contributed by atoms with Gasteiger partial charge in [0, 0.05) is 12.0 Å². The van der Waals surface area contributed by atoms with E-state index in [-0.39, 0.29) is 12.2 Å². The monoisotopic (exact) mass is 180 g/mol. The van der Waals surface area contributed by atoms with Crippen molar-refractivity contribution in [1.29, 1.82) is 0 Å². The van der Waals surface area contributed by atoms with Gasteiger partial charge in [0.15, 0.2) is 5.78 Å². The second kappa shape index (κ2) is 4.38. The summed E-state index contributed by atoms with van der Waals surface area (Å²) in [5.41, 5.74) is 1.66. The van der Waals surface area contributed by atoms with Crippen molar-refractivity contribution in [3.05, 3.63) is 23.3 Å². The molecule has 0 spiro atoms. The van der Waals surface area contributed by atoms with Crippen LogP contribution in [-0.4, -0.2) is 17.0 Å². The summed E-state index contributed by atoms with van der Waals surface area (Å²) in [6, 6.07) is 0. The van der Waals surface area contributed by atoms with E-state index < -0.39 is 6.10 Å². The highest BCUT2D eigenvalue weighted by Gasteiger charge is 2.26. The number of rotatable bonds is 3. The van der Waals surface area contributed by atoms with E-state index >= 15 is 0 Å². The largest absolute Gasteiger partial charge is 0.388 e. The fourth-order valence-corrected chi connectivity index (χ4v) is 1.52. The Balaban J connectivity index is 2.66. The molecule has 1 N–H and O–H groups in total. The molecular formula is C11H16O2. The molecule has 0 amide bonds. The number of hydrogen-bond donors (Lipinski definition) is 1. The fraction of sp³-hybridized carbons (Fsp3) is 0.545. The second-order valence-electron chi connectivity index (χ2n) is 3.39. The van der Waals surface area contributed by atoms with Crippen LogP contribution >= 0.6 is 0 Å². The van der Waals surface area contributed by atoms with E-state index in [4.69, 9.17) is 0 Å². The Morgan fingerprint density at radius 1 is 1.54 bits per heavy atom. The Morgan fingerprint density at radius 2 is 2.23 bits per heavy atom. The second-order valence-corrected chi connectivity index (χ2v) is 3.39. The van der Waals surface area contributed by atoms with Gasteiger partial charge >= 0.3 is 0 Å². The minimum atomic E-state index is -0.530. The lowest BCUT2D eigenvalue weighted by Crippen LogP contribution is -2.03. The summed E-state index contributed by atoms with van der Waals surface area (Å²) in [6.07, 6.45) is 5.45. The van der Waals surface area contributed by atoms with Crippen LogP contribution in [0.1, 0.15) is 33.1 Å². The molecule has 0 aromatic carbocycles. The molecule has 0 bridgehead atoms. The SMILES string of the molecule is CC/C=C\CC1=C(C)[C@H](O)CC1=O. The van der Waals surface area contributed by atoms with Gasteiger partial charge in [-0.1, -0.05) is 19.1 Å². The Hall–Kier alpha value is -0.890. The highest BCUT2D eigenvalue weighted by molar-refractivity contribution is 5.99. The van der Waals surface area contributed by atoms with Crippen LogP contribution in [0.4, 0.5) is 0 Å². The molecule has 0 heterocycles. The molecule has 0 saturated carbocycles. The van der Waals surface area contributed by atoms with Gasteiger partial charge in [0.2, 0.25) is 0 Å². The topological polar surface area (TPSA) is 37.3 Å². The summed E-state index contributed by atoms with van der Waals surface area (Å²) in [7, 11) is 0. The highest BCUT2D eigenvalue weighted by Crippen LogP contribution is 2.25. The normalized spacial score (nSPS) is 23.6. The average Bonchev–Trinajstić information content (AvgIpc) is 2.32. The Labute approximate surface area is 79.0 Å². The first kappa shape index (κ1) is 10.2. The molecule has 13 heavy (non-hydrogen) atoms. The van der Waals surface area contributed by atoms with Gasteiger partial charge in [0.1, 0.15) is 0 Å². The van der Waals surface area contributed by atoms with Gasteiger partial charge in [-0.25, -0.2) is 0 Å². The van der Waals surface area contributed by atoms with Crippen LogP contribution in [0.15, 0.2) is 23.3 Å². The number of ketones is 1. The van der Waals surface area contributed by atoms with Crippen molar-refractivity contribution >= 4 is 5.78 Å². The summed E-state index contributed by atoms with van der Waals surface area (Å²) < 4.78 is 0. The third kappa shape index (κ3) is 2.28. The summed E-state index contributed by atoms with van der Waals surface area (Å²) in [5, 5.41) is 9.39. The van der Waals surface area contributed by atoms with Gasteiger partial charge in [-0.3, -0.25) is 4.79 Å². The summed E-state index contributed by atoms with van der Waals surface area (Å²) in [4.78, 5) is 11.3. The van der Waals surface area contributed by atoms with Crippen LogP contribution in [0.25, 0.3) is 0 Å². The van der Waals surface area contributed by atoms with Gasteiger partial charge in [0.25, 0.3) is 0 Å².